The molecule has 0 bridgehead atoms. The number of hydrogen-bond acceptors (Lipinski definition) is 3. The summed E-state index contributed by atoms with van der Waals surface area (Å²) < 4.78 is 51.6. The van der Waals surface area contributed by atoms with E-state index in [4.69, 9.17) is 0 Å². The summed E-state index contributed by atoms with van der Waals surface area (Å²) in [5.74, 6) is -1.67. The SMILES string of the molecule is C[C@@H](CC(=O)c1cc(=O)[nH]c(C2CC2)n1)c1ccc(C(F)(F)F)c(F)c1. The Morgan fingerprint density at radius 2 is 2.00 bits per heavy atom. The molecule has 0 amide bonds. The maximum absolute atomic E-state index is 13.7. The van der Waals surface area contributed by atoms with Gasteiger partial charge in [-0.15, -0.1) is 0 Å². The van der Waals surface area contributed by atoms with Gasteiger partial charge < -0.3 is 4.98 Å². The van der Waals surface area contributed by atoms with Crippen molar-refractivity contribution in [2.75, 3.05) is 0 Å². The molecular formula is C18H16F4N2O2. The molecule has 4 nitrogen and oxygen atoms in total. The van der Waals surface area contributed by atoms with Crippen molar-refractivity contribution < 1.29 is 22.4 Å². The topological polar surface area (TPSA) is 62.8 Å². The molecule has 1 aliphatic carbocycles. The Morgan fingerprint density at radius 3 is 2.58 bits per heavy atom. The summed E-state index contributed by atoms with van der Waals surface area (Å²) in [6.07, 6.45) is -3.05. The third kappa shape index (κ3) is 4.00. The molecule has 0 aliphatic heterocycles. The number of carbonyl (C=O) groups excluding carboxylic acids is 1. The average Bonchev–Trinajstić information content (AvgIpc) is 3.37. The van der Waals surface area contributed by atoms with E-state index in [2.05, 4.69) is 9.97 Å². The molecule has 1 saturated carbocycles. The molecule has 0 unspecified atom stereocenters. The van der Waals surface area contributed by atoms with Gasteiger partial charge in [0.1, 0.15) is 17.3 Å². The molecule has 2 aromatic rings. The maximum atomic E-state index is 13.7. The van der Waals surface area contributed by atoms with Crippen molar-refractivity contribution in [1.29, 1.82) is 0 Å². The van der Waals surface area contributed by atoms with E-state index in [1.807, 2.05) is 0 Å². The number of Topliss-reactive ketones (excluding diaryl/α,β-unsaturated/α-hetero) is 1. The number of rotatable bonds is 5. The van der Waals surface area contributed by atoms with Gasteiger partial charge in [0.25, 0.3) is 5.56 Å². The third-order valence-electron chi connectivity index (χ3n) is 4.37. The number of benzene rings is 1. The van der Waals surface area contributed by atoms with Crippen LogP contribution in [0.15, 0.2) is 29.1 Å². The monoisotopic (exact) mass is 368 g/mol. The summed E-state index contributed by atoms with van der Waals surface area (Å²) >= 11 is 0. The lowest BCUT2D eigenvalue weighted by molar-refractivity contribution is -0.140. The van der Waals surface area contributed by atoms with Crippen molar-refractivity contribution >= 4 is 5.78 Å². The molecule has 0 radical (unpaired) electrons. The Kier molecular flexibility index (Phi) is 4.68. The van der Waals surface area contributed by atoms with Crippen LogP contribution in [0.5, 0.6) is 0 Å². The van der Waals surface area contributed by atoms with Crippen molar-refractivity contribution in [3.63, 3.8) is 0 Å². The Hall–Kier alpha value is -2.51. The second-order valence-corrected chi connectivity index (χ2v) is 6.56. The number of ketones is 1. The second-order valence-electron chi connectivity index (χ2n) is 6.56. The molecule has 138 valence electrons. The third-order valence-corrected chi connectivity index (χ3v) is 4.37. The molecule has 0 saturated heterocycles. The molecule has 26 heavy (non-hydrogen) atoms. The number of halogens is 4. The van der Waals surface area contributed by atoms with Gasteiger partial charge in [-0.3, -0.25) is 9.59 Å². The minimum Gasteiger partial charge on any atom is -0.310 e. The van der Waals surface area contributed by atoms with Crippen molar-refractivity contribution in [3.8, 4) is 0 Å². The fraction of sp³-hybridized carbons (Fsp3) is 0.389. The van der Waals surface area contributed by atoms with E-state index in [1.165, 1.54) is 0 Å². The fourth-order valence-corrected chi connectivity index (χ4v) is 2.74. The number of alkyl halides is 3. The lowest BCUT2D eigenvalue weighted by atomic mass is 9.93. The van der Waals surface area contributed by atoms with Gasteiger partial charge in [-0.05, 0) is 36.5 Å². The van der Waals surface area contributed by atoms with Crippen molar-refractivity contribution in [2.24, 2.45) is 0 Å². The first-order chi connectivity index (χ1) is 12.1. The van der Waals surface area contributed by atoms with Crippen LogP contribution in [0.4, 0.5) is 17.6 Å². The predicted octanol–water partition coefficient (Wildman–Crippen LogP) is 4.18. The molecule has 1 aromatic carbocycles. The highest BCUT2D eigenvalue weighted by atomic mass is 19.4. The molecule has 1 aromatic heterocycles. The van der Waals surface area contributed by atoms with Crippen molar-refractivity contribution in [1.82, 2.24) is 9.97 Å². The highest BCUT2D eigenvalue weighted by molar-refractivity contribution is 5.94. The van der Waals surface area contributed by atoms with Crippen LogP contribution in [0, 0.1) is 5.82 Å². The summed E-state index contributed by atoms with van der Waals surface area (Å²) in [7, 11) is 0. The average molecular weight is 368 g/mol. The first kappa shape index (κ1) is 18.3. The summed E-state index contributed by atoms with van der Waals surface area (Å²) in [5, 5.41) is 0. The van der Waals surface area contributed by atoms with Gasteiger partial charge in [-0.1, -0.05) is 13.0 Å². The van der Waals surface area contributed by atoms with Gasteiger partial charge in [-0.25, -0.2) is 9.37 Å². The first-order valence-electron chi connectivity index (χ1n) is 8.16. The quantitative estimate of drug-likeness (QED) is 0.636. The lowest BCUT2D eigenvalue weighted by Crippen LogP contribution is -2.16. The van der Waals surface area contributed by atoms with E-state index in [1.54, 1.807) is 6.92 Å². The van der Waals surface area contributed by atoms with Gasteiger partial charge in [0, 0.05) is 18.4 Å². The molecule has 8 heteroatoms. The Morgan fingerprint density at radius 1 is 1.31 bits per heavy atom. The van der Waals surface area contributed by atoms with E-state index in [0.717, 1.165) is 31.0 Å². The van der Waals surface area contributed by atoms with E-state index in [-0.39, 0.29) is 23.6 Å². The molecule has 1 atom stereocenters. The number of carbonyl (C=O) groups is 1. The molecule has 1 fully saturated rings. The van der Waals surface area contributed by atoms with E-state index >= 15 is 0 Å². The van der Waals surface area contributed by atoms with Crippen molar-refractivity contribution in [2.45, 2.75) is 44.2 Å². The van der Waals surface area contributed by atoms with Crippen LogP contribution >= 0.6 is 0 Å². The summed E-state index contributed by atoms with van der Waals surface area (Å²) in [5.41, 5.74) is -1.46. The van der Waals surface area contributed by atoms with Crippen molar-refractivity contribution in [3.05, 3.63) is 63.1 Å². The molecule has 0 spiro atoms. The normalized spacial score (nSPS) is 15.7. The highest BCUT2D eigenvalue weighted by Crippen LogP contribution is 2.37. The minimum absolute atomic E-state index is 0.0230. The van der Waals surface area contributed by atoms with E-state index in [9.17, 15) is 27.2 Å². The van der Waals surface area contributed by atoms with Gasteiger partial charge >= 0.3 is 6.18 Å². The zero-order valence-electron chi connectivity index (χ0n) is 13.9. The molecule has 3 rings (SSSR count). The van der Waals surface area contributed by atoms with Gasteiger partial charge in [0.05, 0.1) is 5.56 Å². The minimum atomic E-state index is -4.77. The molecular weight excluding hydrogens is 352 g/mol. The second kappa shape index (κ2) is 6.66. The number of nitrogens with zero attached hydrogens (tertiary/aromatic N) is 1. The van der Waals surface area contributed by atoms with Crippen LogP contribution in [0.2, 0.25) is 0 Å². The van der Waals surface area contributed by atoms with Crippen LogP contribution in [-0.4, -0.2) is 15.8 Å². The van der Waals surface area contributed by atoms with Gasteiger partial charge in [0.15, 0.2) is 5.78 Å². The van der Waals surface area contributed by atoms with Crippen LogP contribution in [0.3, 0.4) is 0 Å². The van der Waals surface area contributed by atoms with E-state index < -0.39 is 34.8 Å². The molecule has 1 aliphatic rings. The zero-order chi connectivity index (χ0) is 19.1. The number of nitrogens with one attached hydrogen (secondary N) is 1. The predicted molar refractivity (Wildman–Crippen MR) is 85.6 cm³/mol. The fourth-order valence-electron chi connectivity index (χ4n) is 2.74. The van der Waals surface area contributed by atoms with Crippen LogP contribution in [0.1, 0.15) is 65.5 Å². The van der Waals surface area contributed by atoms with Gasteiger partial charge in [0.2, 0.25) is 0 Å². The number of hydrogen-bond donors (Lipinski definition) is 1. The zero-order valence-corrected chi connectivity index (χ0v) is 13.9. The smallest absolute Gasteiger partial charge is 0.310 e. The standard InChI is InChI=1S/C18H16F4N2O2/c1-9(11-4-5-12(13(19)7-11)18(20,21)22)6-15(25)14-8-16(26)24-17(23-14)10-2-3-10/h4-5,7-10H,2-3,6H2,1H3,(H,23,24,26)/t9-/m0/s1. The molecule has 1 heterocycles. The maximum Gasteiger partial charge on any atom is 0.419 e. The number of H-pyrrole nitrogens is 1. The lowest BCUT2D eigenvalue weighted by Gasteiger charge is -2.14. The highest BCUT2D eigenvalue weighted by Gasteiger charge is 2.34. The Balaban J connectivity index is 1.77. The Bertz CT molecular complexity index is 901. The number of aromatic amines is 1. The molecule has 1 N–H and O–H groups in total. The first-order valence-corrected chi connectivity index (χ1v) is 8.16. The van der Waals surface area contributed by atoms with Crippen LogP contribution in [-0.2, 0) is 6.18 Å². The van der Waals surface area contributed by atoms with Gasteiger partial charge in [-0.2, -0.15) is 13.2 Å². The van der Waals surface area contributed by atoms with Crippen LogP contribution in [0.25, 0.3) is 0 Å². The Labute approximate surface area is 146 Å². The summed E-state index contributed by atoms with van der Waals surface area (Å²) in [6, 6.07) is 3.73. The largest absolute Gasteiger partial charge is 0.419 e. The number of aromatic nitrogens is 2. The van der Waals surface area contributed by atoms with Crippen LogP contribution < -0.4 is 5.56 Å². The summed E-state index contributed by atoms with van der Waals surface area (Å²) in [4.78, 5) is 30.9. The van der Waals surface area contributed by atoms with E-state index in [0.29, 0.717) is 11.9 Å². The summed E-state index contributed by atoms with van der Waals surface area (Å²) in [6.45, 7) is 1.61.